The normalized spacial score (nSPS) is 18.4. The van der Waals surface area contributed by atoms with Crippen molar-refractivity contribution in [1.29, 1.82) is 0 Å². The predicted octanol–water partition coefficient (Wildman–Crippen LogP) is 3.94. The summed E-state index contributed by atoms with van der Waals surface area (Å²) in [4.78, 5) is 25.0. The van der Waals surface area contributed by atoms with E-state index in [0.717, 1.165) is 36.4 Å². The molecule has 1 amide bonds. The van der Waals surface area contributed by atoms with Crippen LogP contribution in [0, 0.1) is 0 Å². The average molecular weight is 528 g/mol. The first-order chi connectivity index (χ1) is 18.6. The second kappa shape index (κ2) is 8.73. The maximum absolute atomic E-state index is 12.1. The molecule has 12 heteroatoms. The Morgan fingerprint density at radius 3 is 2.71 bits per heavy atom. The first-order valence-corrected chi connectivity index (χ1v) is 12.5. The number of amides is 1. The zero-order valence-corrected chi connectivity index (χ0v) is 20.9. The number of anilines is 3. The molecule has 5 aromatic rings. The standard InChI is InChI=1S/C26H22ClN9O2/c1-2-25(37)36-18-8-19(36)12-33(11-18)17-9-22-26(29-15-31-35(22)13-17)32-16-3-4-23(21(27)7-16)38-20-5-6-34-24(10-20)28-14-30-34/h2-7,9-10,13-15,18-19H,1,8,11-12H2,(H,29,31,32). The van der Waals surface area contributed by atoms with Crippen molar-refractivity contribution in [2.45, 2.75) is 18.5 Å². The van der Waals surface area contributed by atoms with E-state index in [-0.39, 0.29) is 18.0 Å². The fraction of sp³-hybridized carbons (Fsp3) is 0.192. The van der Waals surface area contributed by atoms with E-state index in [2.05, 4.69) is 43.0 Å². The number of nitrogens with one attached hydrogen (secondary N) is 1. The fourth-order valence-electron chi connectivity index (χ4n) is 5.26. The minimum Gasteiger partial charge on any atom is -0.456 e. The van der Waals surface area contributed by atoms with E-state index in [0.29, 0.717) is 28.0 Å². The summed E-state index contributed by atoms with van der Waals surface area (Å²) in [6.07, 6.45) is 9.19. The molecule has 0 spiro atoms. The van der Waals surface area contributed by atoms with Crippen LogP contribution in [-0.4, -0.2) is 65.2 Å². The predicted molar refractivity (Wildman–Crippen MR) is 142 cm³/mol. The number of fused-ring (bicyclic) bond motifs is 4. The zero-order chi connectivity index (χ0) is 25.8. The lowest BCUT2D eigenvalue weighted by Gasteiger charge is -2.56. The number of carbonyl (C=O) groups is 1. The molecule has 3 aliphatic heterocycles. The molecule has 2 bridgehead atoms. The fourth-order valence-corrected chi connectivity index (χ4v) is 5.48. The van der Waals surface area contributed by atoms with E-state index in [4.69, 9.17) is 16.3 Å². The van der Waals surface area contributed by atoms with E-state index >= 15 is 0 Å². The van der Waals surface area contributed by atoms with Gasteiger partial charge >= 0.3 is 0 Å². The number of pyridine rings is 1. The number of benzene rings is 1. The van der Waals surface area contributed by atoms with Crippen LogP contribution >= 0.6 is 11.6 Å². The van der Waals surface area contributed by atoms with Crippen molar-refractivity contribution in [1.82, 2.24) is 34.1 Å². The lowest BCUT2D eigenvalue weighted by atomic mass is 9.87. The Kier molecular flexibility index (Phi) is 5.18. The molecule has 7 heterocycles. The number of halogens is 1. The van der Waals surface area contributed by atoms with E-state index in [1.54, 1.807) is 39.5 Å². The van der Waals surface area contributed by atoms with Gasteiger partial charge in [-0.2, -0.15) is 10.2 Å². The van der Waals surface area contributed by atoms with E-state index in [9.17, 15) is 4.79 Å². The van der Waals surface area contributed by atoms with Crippen molar-refractivity contribution in [3.8, 4) is 11.5 Å². The van der Waals surface area contributed by atoms with Gasteiger partial charge in [-0.05, 0) is 42.8 Å². The van der Waals surface area contributed by atoms with Gasteiger partial charge in [0.2, 0.25) is 5.91 Å². The van der Waals surface area contributed by atoms with Crippen molar-refractivity contribution < 1.29 is 9.53 Å². The van der Waals surface area contributed by atoms with Gasteiger partial charge in [0, 0.05) is 31.0 Å². The summed E-state index contributed by atoms with van der Waals surface area (Å²) in [6, 6.07) is 11.5. The topological polar surface area (TPSA) is 105 Å². The molecule has 1 N–H and O–H groups in total. The second-order valence-corrected chi connectivity index (χ2v) is 9.74. The number of hydrogen-bond donors (Lipinski definition) is 1. The first-order valence-electron chi connectivity index (χ1n) is 12.1. The largest absolute Gasteiger partial charge is 0.456 e. The molecule has 8 rings (SSSR count). The smallest absolute Gasteiger partial charge is 0.246 e. The molecule has 2 atom stereocenters. The molecule has 3 aliphatic rings. The molecule has 11 nitrogen and oxygen atoms in total. The van der Waals surface area contributed by atoms with Crippen LogP contribution in [0.3, 0.4) is 0 Å². The number of hydrogen-bond acceptors (Lipinski definition) is 8. The minimum absolute atomic E-state index is 0.0109. The number of nitrogens with zero attached hydrogens (tertiary/aromatic N) is 8. The van der Waals surface area contributed by atoms with Gasteiger partial charge in [-0.3, -0.25) is 4.79 Å². The van der Waals surface area contributed by atoms with Crippen LogP contribution in [0.25, 0.3) is 11.2 Å². The molecule has 3 saturated heterocycles. The Balaban J connectivity index is 1.09. The molecule has 2 unspecified atom stereocenters. The van der Waals surface area contributed by atoms with Gasteiger partial charge in [-0.1, -0.05) is 18.2 Å². The Morgan fingerprint density at radius 1 is 1.08 bits per heavy atom. The zero-order valence-electron chi connectivity index (χ0n) is 20.1. The van der Waals surface area contributed by atoms with E-state index < -0.39 is 0 Å². The Hall–Kier alpha value is -4.64. The van der Waals surface area contributed by atoms with E-state index in [1.807, 2.05) is 17.2 Å². The van der Waals surface area contributed by atoms with Crippen LogP contribution in [-0.2, 0) is 4.79 Å². The van der Waals surface area contributed by atoms with Crippen LogP contribution < -0.4 is 15.0 Å². The quantitative estimate of drug-likeness (QED) is 0.331. The second-order valence-electron chi connectivity index (χ2n) is 9.33. The van der Waals surface area contributed by atoms with Crippen molar-refractivity contribution in [2.75, 3.05) is 23.3 Å². The molecule has 38 heavy (non-hydrogen) atoms. The number of ether oxygens (including phenoxy) is 1. The molecule has 0 saturated carbocycles. The summed E-state index contributed by atoms with van der Waals surface area (Å²) in [5, 5.41) is 12.3. The van der Waals surface area contributed by atoms with E-state index in [1.165, 1.54) is 18.7 Å². The van der Waals surface area contributed by atoms with Crippen LogP contribution in [0.2, 0.25) is 5.02 Å². The van der Waals surface area contributed by atoms with Crippen LogP contribution in [0.1, 0.15) is 6.42 Å². The molecular weight excluding hydrogens is 506 g/mol. The van der Waals surface area contributed by atoms with Gasteiger partial charge in [0.05, 0.1) is 29.0 Å². The lowest BCUT2D eigenvalue weighted by Crippen LogP contribution is -2.70. The number of piperidine rings is 1. The van der Waals surface area contributed by atoms with Crippen molar-refractivity contribution >= 4 is 45.9 Å². The molecule has 190 valence electrons. The molecule has 3 fully saturated rings. The summed E-state index contributed by atoms with van der Waals surface area (Å²) in [7, 11) is 0. The van der Waals surface area contributed by atoms with Gasteiger partial charge in [0.15, 0.2) is 11.5 Å². The molecule has 1 aromatic carbocycles. The lowest BCUT2D eigenvalue weighted by molar-refractivity contribution is -0.140. The molecule has 0 aliphatic carbocycles. The number of rotatable bonds is 6. The van der Waals surface area contributed by atoms with Gasteiger partial charge in [0.1, 0.15) is 29.7 Å². The van der Waals surface area contributed by atoms with Crippen LogP contribution in [0.15, 0.2) is 74.1 Å². The summed E-state index contributed by atoms with van der Waals surface area (Å²) in [6.45, 7) is 5.19. The number of carbonyl (C=O) groups excluding carboxylic acids is 1. The van der Waals surface area contributed by atoms with Gasteiger partial charge in [0.25, 0.3) is 0 Å². The monoisotopic (exact) mass is 527 g/mol. The summed E-state index contributed by atoms with van der Waals surface area (Å²) in [5.41, 5.74) is 3.32. The van der Waals surface area contributed by atoms with Crippen molar-refractivity contribution in [2.24, 2.45) is 0 Å². The third-order valence-electron chi connectivity index (χ3n) is 7.05. The average Bonchev–Trinajstić information content (AvgIpc) is 3.58. The van der Waals surface area contributed by atoms with Crippen LogP contribution in [0.4, 0.5) is 17.2 Å². The van der Waals surface area contributed by atoms with Gasteiger partial charge in [-0.15, -0.1) is 0 Å². The highest BCUT2D eigenvalue weighted by molar-refractivity contribution is 6.32. The van der Waals surface area contributed by atoms with Crippen molar-refractivity contribution in [3.05, 3.63) is 79.1 Å². The van der Waals surface area contributed by atoms with Crippen molar-refractivity contribution in [3.63, 3.8) is 0 Å². The minimum atomic E-state index is 0.0109. The molecular formula is C26H22ClN9O2. The highest BCUT2D eigenvalue weighted by Gasteiger charge is 2.46. The molecule has 4 aromatic heterocycles. The summed E-state index contributed by atoms with van der Waals surface area (Å²) >= 11 is 6.55. The maximum atomic E-state index is 12.1. The molecule has 0 radical (unpaired) electrons. The summed E-state index contributed by atoms with van der Waals surface area (Å²) in [5.74, 6) is 1.79. The number of aromatic nitrogens is 6. The first kappa shape index (κ1) is 22.5. The Morgan fingerprint density at radius 2 is 1.89 bits per heavy atom. The Bertz CT molecular complexity index is 1700. The Labute approximate surface area is 221 Å². The highest BCUT2D eigenvalue weighted by Crippen LogP contribution is 2.37. The highest BCUT2D eigenvalue weighted by atomic mass is 35.5. The SMILES string of the molecule is C=CC(=O)N1C2CC1CN(c1cc3c(Nc4ccc(Oc5ccn6ncnc6c5)c(Cl)c4)ncnn3c1)C2. The maximum Gasteiger partial charge on any atom is 0.246 e. The number of piperazine rings is 1. The van der Waals surface area contributed by atoms with Gasteiger partial charge in [-0.25, -0.2) is 19.0 Å². The van der Waals surface area contributed by atoms with Crippen LogP contribution in [0.5, 0.6) is 11.5 Å². The van der Waals surface area contributed by atoms with Gasteiger partial charge < -0.3 is 19.9 Å². The third-order valence-corrected chi connectivity index (χ3v) is 7.35. The third kappa shape index (κ3) is 3.79. The summed E-state index contributed by atoms with van der Waals surface area (Å²) < 4.78 is 9.43.